The van der Waals surface area contributed by atoms with E-state index >= 15 is 0 Å². The first-order valence-corrected chi connectivity index (χ1v) is 6.84. The Morgan fingerprint density at radius 1 is 1.47 bits per heavy atom. The van der Waals surface area contributed by atoms with Crippen LogP contribution >= 0.6 is 11.6 Å². The van der Waals surface area contributed by atoms with Gasteiger partial charge in [-0.15, -0.1) is 0 Å². The Balaban J connectivity index is 2.21. The van der Waals surface area contributed by atoms with Crippen LogP contribution in [0.15, 0.2) is 18.2 Å². The molecule has 3 nitrogen and oxygen atoms in total. The molecule has 2 aromatic rings. The van der Waals surface area contributed by atoms with Crippen LogP contribution in [0.5, 0.6) is 0 Å². The SMILES string of the molecule is CCN1CCc2nc3ccc(C#N)cc3c(Cl)c2C1. The van der Waals surface area contributed by atoms with Gasteiger partial charge >= 0.3 is 0 Å². The lowest BCUT2D eigenvalue weighted by Gasteiger charge is -2.28. The fourth-order valence-electron chi connectivity index (χ4n) is 2.59. The summed E-state index contributed by atoms with van der Waals surface area (Å²) in [5.41, 5.74) is 3.73. The van der Waals surface area contributed by atoms with Gasteiger partial charge in [0.15, 0.2) is 0 Å². The first-order valence-electron chi connectivity index (χ1n) is 6.46. The highest BCUT2D eigenvalue weighted by Gasteiger charge is 2.20. The summed E-state index contributed by atoms with van der Waals surface area (Å²) in [7, 11) is 0. The molecule has 19 heavy (non-hydrogen) atoms. The van der Waals surface area contributed by atoms with Crippen molar-refractivity contribution in [2.45, 2.75) is 19.9 Å². The van der Waals surface area contributed by atoms with Gasteiger partial charge in [0.2, 0.25) is 0 Å². The van der Waals surface area contributed by atoms with E-state index in [1.807, 2.05) is 12.1 Å². The third-order valence-corrected chi connectivity index (χ3v) is 4.16. The second-order valence-corrected chi connectivity index (χ2v) is 5.19. The monoisotopic (exact) mass is 271 g/mol. The molecule has 0 aliphatic carbocycles. The number of hydrogen-bond acceptors (Lipinski definition) is 3. The van der Waals surface area contributed by atoms with E-state index in [9.17, 15) is 0 Å². The molecule has 2 heterocycles. The zero-order valence-electron chi connectivity index (χ0n) is 10.8. The Bertz CT molecular complexity index is 688. The van der Waals surface area contributed by atoms with E-state index in [4.69, 9.17) is 21.8 Å². The van der Waals surface area contributed by atoms with Crippen molar-refractivity contribution in [1.82, 2.24) is 9.88 Å². The third-order valence-electron chi connectivity index (χ3n) is 3.72. The van der Waals surface area contributed by atoms with E-state index in [-0.39, 0.29) is 0 Å². The highest BCUT2D eigenvalue weighted by Crippen LogP contribution is 2.32. The van der Waals surface area contributed by atoms with Gasteiger partial charge in [-0.05, 0) is 24.7 Å². The number of nitrogens with zero attached hydrogens (tertiary/aromatic N) is 3. The Kier molecular flexibility index (Phi) is 3.14. The highest BCUT2D eigenvalue weighted by atomic mass is 35.5. The van der Waals surface area contributed by atoms with E-state index in [1.165, 1.54) is 0 Å². The van der Waals surface area contributed by atoms with E-state index in [0.717, 1.165) is 53.2 Å². The van der Waals surface area contributed by atoms with Gasteiger partial charge in [-0.25, -0.2) is 0 Å². The van der Waals surface area contributed by atoms with Crippen molar-refractivity contribution in [3.8, 4) is 6.07 Å². The van der Waals surface area contributed by atoms with Crippen molar-refractivity contribution in [2.75, 3.05) is 13.1 Å². The van der Waals surface area contributed by atoms with Crippen LogP contribution in [-0.2, 0) is 13.0 Å². The second kappa shape index (κ2) is 4.80. The minimum absolute atomic E-state index is 0.624. The van der Waals surface area contributed by atoms with Crippen LogP contribution < -0.4 is 0 Å². The number of benzene rings is 1. The average molecular weight is 272 g/mol. The number of halogens is 1. The average Bonchev–Trinajstić information content (AvgIpc) is 2.47. The van der Waals surface area contributed by atoms with Gasteiger partial charge in [0.1, 0.15) is 0 Å². The number of fused-ring (bicyclic) bond motifs is 2. The number of rotatable bonds is 1. The zero-order chi connectivity index (χ0) is 13.4. The molecule has 0 saturated carbocycles. The third kappa shape index (κ3) is 2.07. The molecule has 0 spiro atoms. The summed E-state index contributed by atoms with van der Waals surface area (Å²) in [5.74, 6) is 0. The first-order chi connectivity index (χ1) is 9.22. The maximum absolute atomic E-state index is 8.98. The topological polar surface area (TPSA) is 39.9 Å². The lowest BCUT2D eigenvalue weighted by atomic mass is 10.0. The largest absolute Gasteiger partial charge is 0.299 e. The lowest BCUT2D eigenvalue weighted by molar-refractivity contribution is 0.266. The molecule has 0 fully saturated rings. The van der Waals surface area contributed by atoms with Gasteiger partial charge < -0.3 is 0 Å². The number of nitriles is 1. The number of hydrogen-bond donors (Lipinski definition) is 0. The maximum Gasteiger partial charge on any atom is 0.0991 e. The van der Waals surface area contributed by atoms with Crippen LogP contribution in [0.1, 0.15) is 23.7 Å². The van der Waals surface area contributed by atoms with Crippen LogP contribution in [0.4, 0.5) is 0 Å². The summed E-state index contributed by atoms with van der Waals surface area (Å²) in [4.78, 5) is 7.06. The summed E-state index contributed by atoms with van der Waals surface area (Å²) in [6.07, 6.45) is 0.943. The van der Waals surface area contributed by atoms with Gasteiger partial charge in [-0.3, -0.25) is 9.88 Å². The van der Waals surface area contributed by atoms with Crippen molar-refractivity contribution >= 4 is 22.5 Å². The van der Waals surface area contributed by atoms with Crippen LogP contribution in [0, 0.1) is 11.3 Å². The molecule has 1 aromatic carbocycles. The van der Waals surface area contributed by atoms with Gasteiger partial charge in [0.05, 0.1) is 22.2 Å². The fourth-order valence-corrected chi connectivity index (χ4v) is 2.91. The van der Waals surface area contributed by atoms with Gasteiger partial charge in [-0.2, -0.15) is 5.26 Å². The molecule has 0 N–H and O–H groups in total. The molecular formula is C15H14ClN3. The first kappa shape index (κ1) is 12.4. The summed E-state index contributed by atoms with van der Waals surface area (Å²) in [6.45, 7) is 5.06. The molecule has 0 unspecified atom stereocenters. The smallest absolute Gasteiger partial charge is 0.0991 e. The summed E-state index contributed by atoms with van der Waals surface area (Å²) < 4.78 is 0. The summed E-state index contributed by atoms with van der Waals surface area (Å²) >= 11 is 6.53. The van der Waals surface area contributed by atoms with Gasteiger partial charge in [-0.1, -0.05) is 18.5 Å². The maximum atomic E-state index is 8.98. The molecule has 3 rings (SSSR count). The quantitative estimate of drug-likeness (QED) is 0.800. The predicted octanol–water partition coefficient (Wildman–Crippen LogP) is 3.14. The molecule has 0 saturated heterocycles. The van der Waals surface area contributed by atoms with Crippen molar-refractivity contribution in [1.29, 1.82) is 5.26 Å². The standard InChI is InChI=1S/C15H14ClN3/c1-2-19-6-5-14-12(9-19)15(16)11-7-10(8-17)3-4-13(11)18-14/h3-4,7H,2,5-6,9H2,1H3. The van der Waals surface area contributed by atoms with Gasteiger partial charge in [0, 0.05) is 36.2 Å². The van der Waals surface area contributed by atoms with E-state index in [2.05, 4.69) is 17.9 Å². The molecule has 1 aliphatic rings. The molecular weight excluding hydrogens is 258 g/mol. The zero-order valence-corrected chi connectivity index (χ0v) is 11.5. The van der Waals surface area contributed by atoms with Gasteiger partial charge in [0.25, 0.3) is 0 Å². The molecule has 0 radical (unpaired) electrons. The highest BCUT2D eigenvalue weighted by molar-refractivity contribution is 6.36. The number of pyridine rings is 1. The van der Waals surface area contributed by atoms with E-state index < -0.39 is 0 Å². The Morgan fingerprint density at radius 2 is 2.32 bits per heavy atom. The molecule has 4 heteroatoms. The molecule has 96 valence electrons. The predicted molar refractivity (Wildman–Crippen MR) is 76.1 cm³/mol. The van der Waals surface area contributed by atoms with Crippen LogP contribution in [-0.4, -0.2) is 23.0 Å². The molecule has 1 aliphatic heterocycles. The van der Waals surface area contributed by atoms with Crippen molar-refractivity contribution < 1.29 is 0 Å². The van der Waals surface area contributed by atoms with Crippen molar-refractivity contribution in [3.63, 3.8) is 0 Å². The summed E-state index contributed by atoms with van der Waals surface area (Å²) in [6, 6.07) is 7.65. The Morgan fingerprint density at radius 3 is 3.05 bits per heavy atom. The number of aromatic nitrogens is 1. The number of likely N-dealkylation sites (N-methyl/N-ethyl adjacent to an activating group) is 1. The van der Waals surface area contributed by atoms with Crippen molar-refractivity contribution in [2.24, 2.45) is 0 Å². The Hall–Kier alpha value is -1.63. The molecule has 1 aromatic heterocycles. The van der Waals surface area contributed by atoms with E-state index in [1.54, 1.807) is 6.07 Å². The van der Waals surface area contributed by atoms with Crippen LogP contribution in [0.2, 0.25) is 5.02 Å². The fraction of sp³-hybridized carbons (Fsp3) is 0.333. The van der Waals surface area contributed by atoms with E-state index in [0.29, 0.717) is 5.56 Å². The minimum Gasteiger partial charge on any atom is -0.299 e. The Labute approximate surface area is 117 Å². The molecule has 0 bridgehead atoms. The minimum atomic E-state index is 0.624. The lowest BCUT2D eigenvalue weighted by Crippen LogP contribution is -2.31. The van der Waals surface area contributed by atoms with Crippen LogP contribution in [0.25, 0.3) is 10.9 Å². The normalized spacial score (nSPS) is 15.2. The summed E-state index contributed by atoms with van der Waals surface area (Å²) in [5, 5.41) is 10.6. The molecule has 0 amide bonds. The second-order valence-electron chi connectivity index (χ2n) is 4.81. The molecule has 0 atom stereocenters. The van der Waals surface area contributed by atoms with Crippen LogP contribution in [0.3, 0.4) is 0 Å². The van der Waals surface area contributed by atoms with Crippen molar-refractivity contribution in [3.05, 3.63) is 40.0 Å².